The van der Waals surface area contributed by atoms with Crippen LogP contribution in [-0.4, -0.2) is 15.0 Å². The summed E-state index contributed by atoms with van der Waals surface area (Å²) in [6.45, 7) is 0. The molecule has 3 heterocycles. The van der Waals surface area contributed by atoms with E-state index < -0.39 is 0 Å². The summed E-state index contributed by atoms with van der Waals surface area (Å²) in [5.74, 6) is 0. The molecule has 0 bridgehead atoms. The molecular formula is C21H16N3Ru. The zero-order valence-corrected chi connectivity index (χ0v) is 15.2. The van der Waals surface area contributed by atoms with E-state index in [2.05, 4.69) is 21.0 Å². The molecule has 123 valence electrons. The Morgan fingerprint density at radius 2 is 1.00 bits per heavy atom. The number of hydrogen-bond donors (Lipinski definition) is 0. The van der Waals surface area contributed by atoms with Gasteiger partial charge in [-0.2, -0.15) is 0 Å². The molecule has 0 fully saturated rings. The van der Waals surface area contributed by atoms with E-state index in [1.165, 1.54) is 0 Å². The number of aromatic nitrogens is 3. The molecule has 4 rings (SSSR count). The van der Waals surface area contributed by atoms with Gasteiger partial charge in [0.05, 0.1) is 11.4 Å². The smallest absolute Gasteiger partial charge is 0.305 e. The van der Waals surface area contributed by atoms with E-state index >= 15 is 0 Å². The number of benzene rings is 1. The van der Waals surface area contributed by atoms with Crippen LogP contribution in [0, 0.1) is 6.07 Å². The Morgan fingerprint density at radius 3 is 1.40 bits per heavy atom. The van der Waals surface area contributed by atoms with Crippen molar-refractivity contribution in [3.05, 3.63) is 104 Å². The van der Waals surface area contributed by atoms with Crippen molar-refractivity contribution in [2.75, 3.05) is 0 Å². The van der Waals surface area contributed by atoms with E-state index in [1.807, 2.05) is 78.9 Å². The van der Waals surface area contributed by atoms with Gasteiger partial charge in [-0.1, -0.05) is 24.3 Å². The fourth-order valence-electron chi connectivity index (χ4n) is 2.10. The van der Waals surface area contributed by atoms with Gasteiger partial charge in [0.25, 0.3) is 0 Å². The van der Waals surface area contributed by atoms with Crippen LogP contribution >= 0.6 is 0 Å². The summed E-state index contributed by atoms with van der Waals surface area (Å²) >= 11 is 0. The third-order valence-corrected chi connectivity index (χ3v) is 3.24. The van der Waals surface area contributed by atoms with Gasteiger partial charge in [0, 0.05) is 18.6 Å². The fourth-order valence-corrected chi connectivity index (χ4v) is 2.10. The van der Waals surface area contributed by atoms with Crippen LogP contribution in [0.3, 0.4) is 0 Å². The monoisotopic (exact) mass is 412 g/mol. The fraction of sp³-hybridized carbons (Fsp3) is 0. The van der Waals surface area contributed by atoms with Gasteiger partial charge in [0.1, 0.15) is 0 Å². The first-order valence-corrected chi connectivity index (χ1v) is 7.64. The zero-order valence-electron chi connectivity index (χ0n) is 13.4. The first-order valence-electron chi connectivity index (χ1n) is 7.64. The largest absolute Gasteiger partial charge is 1.00 e. The van der Waals surface area contributed by atoms with Crippen molar-refractivity contribution in [3.63, 3.8) is 0 Å². The van der Waals surface area contributed by atoms with Crippen molar-refractivity contribution in [2.24, 2.45) is 0 Å². The molecule has 25 heavy (non-hydrogen) atoms. The van der Waals surface area contributed by atoms with Crippen LogP contribution < -0.4 is 0 Å². The van der Waals surface area contributed by atoms with Gasteiger partial charge in [0.15, 0.2) is 0 Å². The molecule has 0 spiro atoms. The summed E-state index contributed by atoms with van der Waals surface area (Å²) in [5.41, 5.74) is 3.84. The van der Waals surface area contributed by atoms with Gasteiger partial charge in [-0.15, -0.1) is 35.9 Å². The number of pyridine rings is 3. The van der Waals surface area contributed by atoms with E-state index in [0.29, 0.717) is 0 Å². The Kier molecular flexibility index (Phi) is 7.62. The molecule has 0 unspecified atom stereocenters. The average molecular weight is 411 g/mol. The molecule has 4 aromatic rings. The molecular weight excluding hydrogens is 395 g/mol. The normalized spacial score (nSPS) is 9.28. The minimum atomic E-state index is 0. The molecule has 0 saturated carbocycles. The van der Waals surface area contributed by atoms with E-state index in [9.17, 15) is 0 Å². The van der Waals surface area contributed by atoms with E-state index in [4.69, 9.17) is 0 Å². The van der Waals surface area contributed by atoms with Crippen LogP contribution in [0.25, 0.3) is 22.6 Å². The summed E-state index contributed by atoms with van der Waals surface area (Å²) in [7, 11) is 0. The van der Waals surface area contributed by atoms with Crippen LogP contribution in [0.5, 0.6) is 0 Å². The summed E-state index contributed by atoms with van der Waals surface area (Å²) in [6.07, 6.45) is 5.32. The zero-order chi connectivity index (χ0) is 16.5. The summed E-state index contributed by atoms with van der Waals surface area (Å²) < 4.78 is 0. The van der Waals surface area contributed by atoms with Crippen molar-refractivity contribution in [1.29, 1.82) is 0 Å². The van der Waals surface area contributed by atoms with Crippen molar-refractivity contribution in [2.45, 2.75) is 0 Å². The molecule has 0 saturated heterocycles. The maximum atomic E-state index is 4.22. The van der Waals surface area contributed by atoms with Gasteiger partial charge in [-0.05, 0) is 36.0 Å². The maximum Gasteiger partial charge on any atom is 1.00 e. The maximum absolute atomic E-state index is 4.22. The molecule has 0 aliphatic carbocycles. The molecule has 0 N–H and O–H groups in total. The third-order valence-electron chi connectivity index (χ3n) is 3.24. The van der Waals surface area contributed by atoms with Gasteiger partial charge >= 0.3 is 19.5 Å². The number of nitrogens with zero attached hydrogens (tertiary/aromatic N) is 3. The van der Waals surface area contributed by atoms with Gasteiger partial charge in [0.2, 0.25) is 0 Å². The molecule has 0 aliphatic heterocycles. The summed E-state index contributed by atoms with van der Waals surface area (Å²) in [5, 5.41) is 0. The summed E-state index contributed by atoms with van der Waals surface area (Å²) in [4.78, 5) is 12.6. The van der Waals surface area contributed by atoms with Crippen molar-refractivity contribution < 1.29 is 19.5 Å². The third kappa shape index (κ3) is 5.70. The standard InChI is InChI=1S/C11H8N.C10H8N2.Ru/c1-2-6-10(7-3-1)11-8-4-5-9-12-11;1-3-7-11-9(5-1)10-6-2-4-8-12-10;/h1-6,8-9H;1-8H;/q-1;;+1. The summed E-state index contributed by atoms with van der Waals surface area (Å²) in [6, 6.07) is 28.4. The second kappa shape index (κ2) is 10.2. The van der Waals surface area contributed by atoms with E-state index in [1.54, 1.807) is 18.6 Å². The number of rotatable bonds is 2. The van der Waals surface area contributed by atoms with Gasteiger partial charge < -0.3 is 4.98 Å². The Balaban J connectivity index is 0.000000173. The SMILES string of the molecule is [Ru+].[c-]1ccccc1-c1ccccn1.c1ccc(-c2ccccn2)nc1. The Bertz CT molecular complexity index is 689. The molecule has 3 aromatic heterocycles. The molecule has 1 radical (unpaired) electrons. The van der Waals surface area contributed by atoms with E-state index in [0.717, 1.165) is 22.6 Å². The molecule has 0 aliphatic rings. The van der Waals surface area contributed by atoms with Crippen molar-refractivity contribution in [1.82, 2.24) is 15.0 Å². The quantitative estimate of drug-likeness (QED) is 0.355. The van der Waals surface area contributed by atoms with Crippen LogP contribution in [0.15, 0.2) is 97.5 Å². The molecule has 0 amide bonds. The second-order valence-electron chi connectivity index (χ2n) is 4.92. The van der Waals surface area contributed by atoms with Crippen LogP contribution in [0.2, 0.25) is 0 Å². The number of hydrogen-bond acceptors (Lipinski definition) is 3. The Hall–Kier alpha value is -2.71. The predicted octanol–water partition coefficient (Wildman–Crippen LogP) is 4.69. The van der Waals surface area contributed by atoms with Crippen LogP contribution in [0.4, 0.5) is 0 Å². The minimum Gasteiger partial charge on any atom is -0.305 e. The van der Waals surface area contributed by atoms with E-state index in [-0.39, 0.29) is 19.5 Å². The topological polar surface area (TPSA) is 38.7 Å². The van der Waals surface area contributed by atoms with Crippen molar-refractivity contribution >= 4 is 0 Å². The predicted molar refractivity (Wildman–Crippen MR) is 96.0 cm³/mol. The molecule has 3 nitrogen and oxygen atoms in total. The van der Waals surface area contributed by atoms with Gasteiger partial charge in [-0.3, -0.25) is 9.97 Å². The first-order chi connectivity index (χ1) is 11.9. The Labute approximate surface area is 160 Å². The van der Waals surface area contributed by atoms with Crippen LogP contribution in [0.1, 0.15) is 0 Å². The molecule has 4 heteroatoms. The van der Waals surface area contributed by atoms with Crippen LogP contribution in [-0.2, 0) is 19.5 Å². The second-order valence-corrected chi connectivity index (χ2v) is 4.92. The molecule has 1 aromatic carbocycles. The Morgan fingerprint density at radius 1 is 0.520 bits per heavy atom. The molecule has 0 atom stereocenters. The first kappa shape index (κ1) is 18.6. The van der Waals surface area contributed by atoms with Gasteiger partial charge in [-0.25, -0.2) is 0 Å². The minimum absolute atomic E-state index is 0. The van der Waals surface area contributed by atoms with Crippen molar-refractivity contribution in [3.8, 4) is 22.6 Å². The average Bonchev–Trinajstić information content (AvgIpc) is 2.71.